The number of nitrogens with zero attached hydrogens (tertiary/aromatic N) is 2. The molecule has 0 fully saturated rings. The summed E-state index contributed by atoms with van der Waals surface area (Å²) in [7, 11) is 0. The average molecular weight is 235 g/mol. The van der Waals surface area contributed by atoms with Crippen molar-refractivity contribution in [3.05, 3.63) is 23.9 Å². The molecule has 2 rings (SSSR count). The van der Waals surface area contributed by atoms with Gasteiger partial charge in [-0.2, -0.15) is 0 Å². The quantitative estimate of drug-likeness (QED) is 0.787. The van der Waals surface area contributed by atoms with E-state index in [-0.39, 0.29) is 5.91 Å². The van der Waals surface area contributed by atoms with Gasteiger partial charge in [-0.05, 0) is 18.6 Å². The van der Waals surface area contributed by atoms with Crippen molar-refractivity contribution in [2.45, 2.75) is 19.4 Å². The zero-order valence-corrected chi connectivity index (χ0v) is 9.38. The molecule has 0 radical (unpaired) electrons. The van der Waals surface area contributed by atoms with E-state index in [1.165, 1.54) is 4.90 Å². The first kappa shape index (κ1) is 11.4. The molecule has 2 heterocycles. The maximum Gasteiger partial charge on any atom is 0.405 e. The molecule has 90 valence electrons. The van der Waals surface area contributed by atoms with Crippen molar-refractivity contribution in [3.8, 4) is 0 Å². The summed E-state index contributed by atoms with van der Waals surface area (Å²) in [6.45, 7) is 2.31. The van der Waals surface area contributed by atoms with E-state index in [0.717, 1.165) is 5.56 Å². The molecule has 2 N–H and O–H groups in total. The van der Waals surface area contributed by atoms with Crippen LogP contribution in [0.1, 0.15) is 12.5 Å². The van der Waals surface area contributed by atoms with Gasteiger partial charge in [0.25, 0.3) is 5.91 Å². The van der Waals surface area contributed by atoms with Crippen LogP contribution < -0.4 is 10.2 Å². The smallest absolute Gasteiger partial charge is 0.405 e. The Morgan fingerprint density at radius 1 is 1.71 bits per heavy atom. The van der Waals surface area contributed by atoms with Crippen molar-refractivity contribution in [2.75, 3.05) is 11.4 Å². The highest BCUT2D eigenvalue weighted by Crippen LogP contribution is 2.24. The largest absolute Gasteiger partial charge is 0.465 e. The summed E-state index contributed by atoms with van der Waals surface area (Å²) in [5.41, 5.74) is 0.882. The molecule has 17 heavy (non-hydrogen) atoms. The highest BCUT2D eigenvalue weighted by atomic mass is 16.4. The Hall–Kier alpha value is -2.11. The van der Waals surface area contributed by atoms with Crippen LogP contribution in [0.2, 0.25) is 0 Å². The molecule has 6 nitrogen and oxygen atoms in total. The van der Waals surface area contributed by atoms with E-state index in [1.54, 1.807) is 12.3 Å². The number of rotatable bonds is 2. The van der Waals surface area contributed by atoms with E-state index >= 15 is 0 Å². The highest BCUT2D eigenvalue weighted by Gasteiger charge is 2.33. The standard InChI is InChI=1S/C11H13N3O3/c1-2-14-9-7(4-3-5-12-9)6-8(10(14)15)13-11(16)17/h3-5,8,13H,2,6H2,1H3,(H,16,17). The normalized spacial score (nSPS) is 18.8. The van der Waals surface area contributed by atoms with Crippen molar-refractivity contribution in [3.63, 3.8) is 0 Å². The first-order valence-electron chi connectivity index (χ1n) is 5.38. The van der Waals surface area contributed by atoms with E-state index in [2.05, 4.69) is 10.3 Å². The molecular formula is C11H13N3O3. The first-order valence-corrected chi connectivity index (χ1v) is 5.38. The molecule has 0 saturated heterocycles. The third-order valence-electron chi connectivity index (χ3n) is 2.73. The molecule has 0 aliphatic carbocycles. The van der Waals surface area contributed by atoms with Crippen LogP contribution in [0.15, 0.2) is 18.3 Å². The maximum absolute atomic E-state index is 12.0. The molecule has 1 aromatic heterocycles. The Morgan fingerprint density at radius 2 is 2.47 bits per heavy atom. The molecule has 1 unspecified atom stereocenters. The zero-order chi connectivity index (χ0) is 12.4. The predicted molar refractivity (Wildman–Crippen MR) is 60.9 cm³/mol. The highest BCUT2D eigenvalue weighted by molar-refractivity contribution is 6.00. The number of likely N-dealkylation sites (N-methyl/N-ethyl adjacent to an activating group) is 1. The first-order chi connectivity index (χ1) is 8.13. The molecule has 0 bridgehead atoms. The minimum absolute atomic E-state index is 0.249. The van der Waals surface area contributed by atoms with E-state index in [1.807, 2.05) is 13.0 Å². The van der Waals surface area contributed by atoms with Gasteiger partial charge in [0.1, 0.15) is 11.9 Å². The van der Waals surface area contributed by atoms with E-state index in [9.17, 15) is 9.59 Å². The molecule has 0 spiro atoms. The Morgan fingerprint density at radius 3 is 3.12 bits per heavy atom. The van der Waals surface area contributed by atoms with Crippen LogP contribution in [0.4, 0.5) is 10.6 Å². The van der Waals surface area contributed by atoms with Crippen LogP contribution in [0.25, 0.3) is 0 Å². The lowest BCUT2D eigenvalue weighted by atomic mass is 10.0. The number of hydrogen-bond donors (Lipinski definition) is 2. The average Bonchev–Trinajstić information content (AvgIpc) is 2.30. The van der Waals surface area contributed by atoms with Gasteiger partial charge in [-0.25, -0.2) is 9.78 Å². The molecule has 2 amide bonds. The van der Waals surface area contributed by atoms with E-state index < -0.39 is 12.1 Å². The fourth-order valence-corrected chi connectivity index (χ4v) is 2.00. The van der Waals surface area contributed by atoms with Crippen LogP contribution in [0.5, 0.6) is 0 Å². The zero-order valence-electron chi connectivity index (χ0n) is 9.38. The van der Waals surface area contributed by atoms with Crippen molar-refractivity contribution in [2.24, 2.45) is 0 Å². The van der Waals surface area contributed by atoms with Crippen molar-refractivity contribution in [1.29, 1.82) is 0 Å². The van der Waals surface area contributed by atoms with Gasteiger partial charge in [0, 0.05) is 19.2 Å². The lowest BCUT2D eigenvalue weighted by Gasteiger charge is -2.32. The number of carbonyl (C=O) groups excluding carboxylic acids is 1. The SMILES string of the molecule is CCN1C(=O)C(NC(=O)O)Cc2cccnc21. The summed E-state index contributed by atoms with van der Waals surface area (Å²) in [6.07, 6.45) is 0.789. The van der Waals surface area contributed by atoms with E-state index in [0.29, 0.717) is 18.8 Å². The Labute approximate surface area is 98.3 Å². The number of anilines is 1. The van der Waals surface area contributed by atoms with Gasteiger partial charge >= 0.3 is 6.09 Å². The number of hydrogen-bond acceptors (Lipinski definition) is 3. The Balaban J connectivity index is 2.35. The summed E-state index contributed by atoms with van der Waals surface area (Å²) < 4.78 is 0. The summed E-state index contributed by atoms with van der Waals surface area (Å²) >= 11 is 0. The Bertz CT molecular complexity index is 461. The number of carbonyl (C=O) groups is 2. The molecule has 1 aliphatic heterocycles. The molecule has 6 heteroatoms. The molecule has 0 saturated carbocycles. The predicted octanol–water partition coefficient (Wildman–Crippen LogP) is 0.627. The monoisotopic (exact) mass is 235 g/mol. The van der Waals surface area contributed by atoms with Crippen LogP contribution in [0.3, 0.4) is 0 Å². The van der Waals surface area contributed by atoms with Gasteiger partial charge in [-0.1, -0.05) is 6.07 Å². The lowest BCUT2D eigenvalue weighted by molar-refractivity contribution is -0.120. The van der Waals surface area contributed by atoms with Crippen LogP contribution in [0, 0.1) is 0 Å². The summed E-state index contributed by atoms with van der Waals surface area (Å²) in [5, 5.41) is 10.9. The summed E-state index contributed by atoms with van der Waals surface area (Å²) in [6, 6.07) is 2.91. The van der Waals surface area contributed by atoms with Crippen LogP contribution >= 0.6 is 0 Å². The van der Waals surface area contributed by atoms with Crippen molar-refractivity contribution in [1.82, 2.24) is 10.3 Å². The van der Waals surface area contributed by atoms with Crippen LogP contribution in [-0.2, 0) is 11.2 Å². The third-order valence-corrected chi connectivity index (χ3v) is 2.73. The molecule has 1 atom stereocenters. The second kappa shape index (κ2) is 4.40. The minimum atomic E-state index is -1.19. The Kier molecular flexibility index (Phi) is 2.95. The molecule has 0 aromatic carbocycles. The third kappa shape index (κ3) is 2.06. The van der Waals surface area contributed by atoms with Gasteiger partial charge in [-0.3, -0.25) is 9.69 Å². The fraction of sp³-hybridized carbons (Fsp3) is 0.364. The summed E-state index contributed by atoms with van der Waals surface area (Å²) in [4.78, 5) is 28.3. The van der Waals surface area contributed by atoms with Gasteiger partial charge < -0.3 is 10.4 Å². The van der Waals surface area contributed by atoms with Crippen molar-refractivity contribution < 1.29 is 14.7 Å². The number of aromatic nitrogens is 1. The van der Waals surface area contributed by atoms with Crippen LogP contribution in [-0.4, -0.2) is 34.7 Å². The van der Waals surface area contributed by atoms with Gasteiger partial charge in [-0.15, -0.1) is 0 Å². The van der Waals surface area contributed by atoms with Gasteiger partial charge in [0.2, 0.25) is 0 Å². The number of pyridine rings is 1. The molecular weight excluding hydrogens is 222 g/mol. The topological polar surface area (TPSA) is 82.5 Å². The molecule has 1 aliphatic rings. The minimum Gasteiger partial charge on any atom is -0.465 e. The second-order valence-corrected chi connectivity index (χ2v) is 3.77. The number of fused-ring (bicyclic) bond motifs is 1. The maximum atomic E-state index is 12.0. The number of nitrogens with one attached hydrogen (secondary N) is 1. The fourth-order valence-electron chi connectivity index (χ4n) is 2.00. The second-order valence-electron chi connectivity index (χ2n) is 3.77. The van der Waals surface area contributed by atoms with Gasteiger partial charge in [0.05, 0.1) is 0 Å². The number of carboxylic acid groups (broad SMARTS) is 1. The lowest BCUT2D eigenvalue weighted by Crippen LogP contribution is -2.52. The number of amides is 2. The van der Waals surface area contributed by atoms with E-state index in [4.69, 9.17) is 5.11 Å². The summed E-state index contributed by atoms with van der Waals surface area (Å²) in [5.74, 6) is 0.379. The molecule has 1 aromatic rings. The van der Waals surface area contributed by atoms with Gasteiger partial charge in [0.15, 0.2) is 0 Å². The van der Waals surface area contributed by atoms with Crippen molar-refractivity contribution >= 4 is 17.8 Å².